The maximum Gasteiger partial charge on any atom is 0.306 e. The van der Waals surface area contributed by atoms with Gasteiger partial charge in [-0.15, -0.1) is 0 Å². The highest BCUT2D eigenvalue weighted by atomic mass is 16.6. The van der Waals surface area contributed by atoms with Crippen molar-refractivity contribution in [2.45, 2.75) is 271 Å². The lowest BCUT2D eigenvalue weighted by molar-refractivity contribution is -0.167. The maximum atomic E-state index is 12.8. The molecule has 0 N–H and O–H groups in total. The SMILES string of the molecule is CCCCCC/C=C\CCCCCCCCCC(=O)OC[C@H](COC(=O)CCCCCCC/C=C\CCCCCC)OC(=O)CCC/C=C\C/C=C\C/C=C\CCCCCCCC. The van der Waals surface area contributed by atoms with Gasteiger partial charge in [-0.1, -0.05) is 204 Å². The van der Waals surface area contributed by atoms with E-state index in [2.05, 4.69) is 81.5 Å². The number of rotatable bonds is 48. The predicted octanol–water partition coefficient (Wildman–Crippen LogP) is 17.6. The van der Waals surface area contributed by atoms with Gasteiger partial charge in [-0.2, -0.15) is 0 Å². The molecule has 0 radical (unpaired) electrons. The first-order valence-electron chi connectivity index (χ1n) is 26.8. The Kier molecular flexibility index (Phi) is 49.4. The predicted molar refractivity (Wildman–Crippen MR) is 270 cm³/mol. The van der Waals surface area contributed by atoms with Crippen LogP contribution in [0.4, 0.5) is 0 Å². The van der Waals surface area contributed by atoms with E-state index in [0.717, 1.165) is 64.2 Å². The summed E-state index contributed by atoms with van der Waals surface area (Å²) in [7, 11) is 0. The van der Waals surface area contributed by atoms with Crippen LogP contribution in [0.2, 0.25) is 0 Å². The second kappa shape index (κ2) is 51.7. The number of ether oxygens (including phenoxy) is 3. The van der Waals surface area contributed by atoms with Crippen LogP contribution in [0.1, 0.15) is 265 Å². The minimum atomic E-state index is -0.804. The minimum Gasteiger partial charge on any atom is -0.462 e. The summed E-state index contributed by atoms with van der Waals surface area (Å²) in [6.07, 6.45) is 63.5. The molecule has 0 bridgehead atoms. The molecule has 364 valence electrons. The van der Waals surface area contributed by atoms with Crippen LogP contribution in [0.5, 0.6) is 0 Å². The third-order valence-electron chi connectivity index (χ3n) is 11.5. The molecule has 0 unspecified atom stereocenters. The largest absolute Gasteiger partial charge is 0.462 e. The Morgan fingerprint density at radius 2 is 0.587 bits per heavy atom. The number of allylic oxidation sites excluding steroid dienone is 10. The number of esters is 3. The highest BCUT2D eigenvalue weighted by Crippen LogP contribution is 2.14. The van der Waals surface area contributed by atoms with Gasteiger partial charge in [-0.25, -0.2) is 0 Å². The zero-order valence-electron chi connectivity index (χ0n) is 41.6. The van der Waals surface area contributed by atoms with E-state index in [1.165, 1.54) is 154 Å². The molecular formula is C57H100O6. The van der Waals surface area contributed by atoms with E-state index in [9.17, 15) is 14.4 Å². The van der Waals surface area contributed by atoms with Gasteiger partial charge in [-0.05, 0) is 103 Å². The lowest BCUT2D eigenvalue weighted by Crippen LogP contribution is -2.30. The molecule has 0 rings (SSSR count). The van der Waals surface area contributed by atoms with E-state index < -0.39 is 6.10 Å². The standard InChI is InChI=1S/C57H100O6/c1-4-7-10-13-16-19-22-25-27-28-30-33-36-39-42-45-48-51-57(60)63-54(52-61-55(58)49-46-43-40-37-34-31-24-21-18-15-12-9-6-3)53-62-56(59)50-47-44-41-38-35-32-29-26-23-20-17-14-11-8-5-2/h20-21,23-25,27,30,33,39,42,54H,4-19,22,26,28-29,31-32,34-38,40-41,43-53H2,1-3H3/b23-20-,24-21-,27-25-,33-30-,42-39-/t54-/m0/s1. The number of hydrogen-bond donors (Lipinski definition) is 0. The van der Waals surface area contributed by atoms with E-state index in [-0.39, 0.29) is 37.5 Å². The van der Waals surface area contributed by atoms with E-state index in [0.29, 0.717) is 19.3 Å². The van der Waals surface area contributed by atoms with Gasteiger partial charge in [0.1, 0.15) is 13.2 Å². The molecule has 0 saturated carbocycles. The molecule has 0 amide bonds. The summed E-state index contributed by atoms with van der Waals surface area (Å²) >= 11 is 0. The first-order chi connectivity index (χ1) is 31.0. The van der Waals surface area contributed by atoms with E-state index in [4.69, 9.17) is 14.2 Å². The van der Waals surface area contributed by atoms with E-state index in [1.54, 1.807) is 0 Å². The summed E-state index contributed by atoms with van der Waals surface area (Å²) in [5.41, 5.74) is 0. The van der Waals surface area contributed by atoms with Gasteiger partial charge in [0.2, 0.25) is 0 Å². The molecule has 0 aliphatic heterocycles. The lowest BCUT2D eigenvalue weighted by Gasteiger charge is -2.18. The van der Waals surface area contributed by atoms with E-state index in [1.807, 2.05) is 0 Å². The molecule has 0 aromatic rings. The van der Waals surface area contributed by atoms with Crippen LogP contribution in [-0.2, 0) is 28.6 Å². The Balaban J connectivity index is 4.47. The van der Waals surface area contributed by atoms with Gasteiger partial charge in [0, 0.05) is 19.3 Å². The molecule has 6 nitrogen and oxygen atoms in total. The molecule has 0 aromatic carbocycles. The molecule has 0 fully saturated rings. The first kappa shape index (κ1) is 60.1. The summed E-state index contributed by atoms with van der Waals surface area (Å²) in [6.45, 7) is 6.56. The van der Waals surface area contributed by atoms with Crippen LogP contribution < -0.4 is 0 Å². The lowest BCUT2D eigenvalue weighted by atomic mass is 10.1. The number of hydrogen-bond acceptors (Lipinski definition) is 6. The zero-order chi connectivity index (χ0) is 45.8. The minimum absolute atomic E-state index is 0.0985. The van der Waals surface area contributed by atoms with Gasteiger partial charge in [0.15, 0.2) is 6.10 Å². The molecule has 1 atom stereocenters. The van der Waals surface area contributed by atoms with Crippen molar-refractivity contribution in [3.63, 3.8) is 0 Å². The van der Waals surface area contributed by atoms with Gasteiger partial charge < -0.3 is 14.2 Å². The number of carbonyl (C=O) groups excluding carboxylic acids is 3. The van der Waals surface area contributed by atoms with Crippen molar-refractivity contribution in [2.24, 2.45) is 0 Å². The zero-order valence-corrected chi connectivity index (χ0v) is 41.6. The van der Waals surface area contributed by atoms with Gasteiger partial charge >= 0.3 is 17.9 Å². The average molecular weight is 881 g/mol. The van der Waals surface area contributed by atoms with Crippen molar-refractivity contribution in [3.8, 4) is 0 Å². The Labute approximate surface area is 390 Å². The summed E-state index contributed by atoms with van der Waals surface area (Å²) < 4.78 is 16.8. The van der Waals surface area contributed by atoms with Crippen molar-refractivity contribution >= 4 is 17.9 Å². The Hall–Kier alpha value is -2.89. The summed E-state index contributed by atoms with van der Waals surface area (Å²) in [4.78, 5) is 38.0. The molecule has 0 spiro atoms. The Bertz CT molecular complexity index is 1150. The van der Waals surface area contributed by atoms with Crippen LogP contribution in [-0.4, -0.2) is 37.2 Å². The molecule has 0 aliphatic rings. The molecule has 0 aromatic heterocycles. The number of carbonyl (C=O) groups is 3. The number of unbranched alkanes of at least 4 members (excludes halogenated alkanes) is 27. The fourth-order valence-electron chi connectivity index (χ4n) is 7.39. The van der Waals surface area contributed by atoms with Crippen molar-refractivity contribution < 1.29 is 28.6 Å². The summed E-state index contributed by atoms with van der Waals surface area (Å²) in [5, 5.41) is 0. The summed E-state index contributed by atoms with van der Waals surface area (Å²) in [5.74, 6) is -0.960. The molecule has 0 saturated heterocycles. The fourth-order valence-corrected chi connectivity index (χ4v) is 7.39. The molecule has 0 heterocycles. The normalized spacial score (nSPS) is 12.5. The highest BCUT2D eigenvalue weighted by Gasteiger charge is 2.19. The third-order valence-corrected chi connectivity index (χ3v) is 11.5. The van der Waals surface area contributed by atoms with Gasteiger partial charge in [-0.3, -0.25) is 14.4 Å². The maximum absolute atomic E-state index is 12.8. The smallest absolute Gasteiger partial charge is 0.306 e. The van der Waals surface area contributed by atoms with Crippen LogP contribution in [0.15, 0.2) is 60.8 Å². The van der Waals surface area contributed by atoms with Gasteiger partial charge in [0.05, 0.1) is 0 Å². The van der Waals surface area contributed by atoms with Crippen LogP contribution in [0, 0.1) is 0 Å². The van der Waals surface area contributed by atoms with Gasteiger partial charge in [0.25, 0.3) is 0 Å². The van der Waals surface area contributed by atoms with Crippen LogP contribution in [0.3, 0.4) is 0 Å². The van der Waals surface area contributed by atoms with Crippen molar-refractivity contribution in [2.75, 3.05) is 13.2 Å². The first-order valence-corrected chi connectivity index (χ1v) is 26.8. The fraction of sp³-hybridized carbons (Fsp3) is 0.772. The molecule has 6 heteroatoms. The monoisotopic (exact) mass is 881 g/mol. The van der Waals surface area contributed by atoms with Crippen LogP contribution >= 0.6 is 0 Å². The Morgan fingerprint density at radius 3 is 0.968 bits per heavy atom. The molecular weight excluding hydrogens is 781 g/mol. The topological polar surface area (TPSA) is 78.9 Å². The summed E-state index contributed by atoms with van der Waals surface area (Å²) in [6, 6.07) is 0. The van der Waals surface area contributed by atoms with Crippen molar-refractivity contribution in [1.82, 2.24) is 0 Å². The third kappa shape index (κ3) is 50.0. The second-order valence-corrected chi connectivity index (χ2v) is 17.8. The molecule has 0 aliphatic carbocycles. The van der Waals surface area contributed by atoms with Crippen LogP contribution in [0.25, 0.3) is 0 Å². The quantitative estimate of drug-likeness (QED) is 0.0262. The average Bonchev–Trinajstić information content (AvgIpc) is 3.28. The molecule has 63 heavy (non-hydrogen) atoms. The van der Waals surface area contributed by atoms with E-state index >= 15 is 0 Å². The van der Waals surface area contributed by atoms with Crippen molar-refractivity contribution in [3.05, 3.63) is 60.8 Å². The highest BCUT2D eigenvalue weighted by molar-refractivity contribution is 5.71. The van der Waals surface area contributed by atoms with Crippen molar-refractivity contribution in [1.29, 1.82) is 0 Å². The Morgan fingerprint density at radius 1 is 0.317 bits per heavy atom. The second-order valence-electron chi connectivity index (χ2n) is 17.8.